The second kappa shape index (κ2) is 12.6. The molecule has 4 aromatic carbocycles. The molecule has 4 rings (SSSR count). The first kappa shape index (κ1) is 30.8. The summed E-state index contributed by atoms with van der Waals surface area (Å²) in [5, 5.41) is 25.5. The van der Waals surface area contributed by atoms with Crippen LogP contribution in [-0.2, 0) is 10.1 Å². The smallest absolute Gasteiger partial charge is 0.870 e. The number of halogens is 2. The number of aryl methyl sites for hydroxylation is 1. The van der Waals surface area contributed by atoms with Crippen molar-refractivity contribution in [3.8, 4) is 11.5 Å². The molecule has 0 bridgehead atoms. The first-order valence-electron chi connectivity index (χ1n) is 11.2. The average Bonchev–Trinajstić information content (AvgIpc) is 2.85. The Morgan fingerprint density at radius 3 is 2.49 bits per heavy atom. The number of nitrogens with zero attached hydrogens (tertiary/aromatic N) is 2. The summed E-state index contributed by atoms with van der Waals surface area (Å²) in [4.78, 5) is 12.8. The van der Waals surface area contributed by atoms with Crippen molar-refractivity contribution in [2.45, 2.75) is 18.7 Å². The predicted octanol–water partition coefficient (Wildman–Crippen LogP) is 3.85. The van der Waals surface area contributed by atoms with Crippen molar-refractivity contribution in [2.75, 3.05) is 11.9 Å². The SMILES string of the molecule is CCOc1ccc(Cl)cc1NC(=O)c1cc2ccccc2c(N=Nc2cc(S(=O)(=O)O)c(C)cc2Cl)c1[O-].[Na+]. The number of nitrogens with one attached hydrogen (secondary N) is 1. The number of hydrogen-bond donors (Lipinski definition) is 2. The number of carbonyl (C=O) groups is 1. The van der Waals surface area contributed by atoms with E-state index in [1.165, 1.54) is 25.1 Å². The van der Waals surface area contributed by atoms with Crippen molar-refractivity contribution in [2.24, 2.45) is 10.2 Å². The molecule has 0 saturated carbocycles. The van der Waals surface area contributed by atoms with Gasteiger partial charge < -0.3 is 15.2 Å². The molecule has 0 heterocycles. The van der Waals surface area contributed by atoms with E-state index in [2.05, 4.69) is 15.5 Å². The van der Waals surface area contributed by atoms with Gasteiger partial charge in [-0.25, -0.2) is 0 Å². The monoisotopic (exact) mass is 595 g/mol. The maximum absolute atomic E-state index is 13.4. The quantitative estimate of drug-likeness (QED) is 0.189. The van der Waals surface area contributed by atoms with Gasteiger partial charge in [0.2, 0.25) is 0 Å². The minimum absolute atomic E-state index is 0. The summed E-state index contributed by atoms with van der Waals surface area (Å²) in [7, 11) is -4.55. The van der Waals surface area contributed by atoms with E-state index in [1.807, 2.05) is 0 Å². The molecule has 0 spiro atoms. The molecule has 1 amide bonds. The molecule has 9 nitrogen and oxygen atoms in total. The zero-order valence-electron chi connectivity index (χ0n) is 21.0. The van der Waals surface area contributed by atoms with Crippen molar-refractivity contribution in [3.63, 3.8) is 0 Å². The third kappa shape index (κ3) is 6.90. The first-order valence-corrected chi connectivity index (χ1v) is 13.3. The van der Waals surface area contributed by atoms with Crippen molar-refractivity contribution in [1.82, 2.24) is 0 Å². The van der Waals surface area contributed by atoms with Gasteiger partial charge in [0.05, 0.1) is 27.9 Å². The molecular weight excluding hydrogens is 576 g/mol. The first-order chi connectivity index (χ1) is 18.0. The van der Waals surface area contributed by atoms with Crippen LogP contribution in [0.1, 0.15) is 22.8 Å². The van der Waals surface area contributed by atoms with Crippen LogP contribution >= 0.6 is 23.2 Å². The van der Waals surface area contributed by atoms with Crippen molar-refractivity contribution in [3.05, 3.63) is 81.8 Å². The molecular formula is C26H20Cl2N3NaO6S. The molecule has 0 aliphatic heterocycles. The fraction of sp³-hybridized carbons (Fsp3) is 0.115. The van der Waals surface area contributed by atoms with Gasteiger partial charge >= 0.3 is 29.6 Å². The van der Waals surface area contributed by atoms with Crippen LogP contribution in [0.2, 0.25) is 10.0 Å². The van der Waals surface area contributed by atoms with Gasteiger partial charge in [-0.3, -0.25) is 9.35 Å². The topological polar surface area (TPSA) is 140 Å². The van der Waals surface area contributed by atoms with Crippen LogP contribution in [0, 0.1) is 6.92 Å². The van der Waals surface area contributed by atoms with Crippen molar-refractivity contribution >= 4 is 67.1 Å². The summed E-state index contributed by atoms with van der Waals surface area (Å²) in [6, 6.07) is 15.3. The normalized spacial score (nSPS) is 11.4. The van der Waals surface area contributed by atoms with Crippen LogP contribution in [-0.4, -0.2) is 25.5 Å². The van der Waals surface area contributed by atoms with Crippen LogP contribution in [0.5, 0.6) is 11.5 Å². The number of benzene rings is 4. The number of carbonyl (C=O) groups excluding carboxylic acids is 1. The third-order valence-electron chi connectivity index (χ3n) is 5.49. The molecule has 13 heteroatoms. The fourth-order valence-corrected chi connectivity index (χ4v) is 4.90. The number of rotatable bonds is 7. The minimum atomic E-state index is -4.55. The van der Waals surface area contributed by atoms with Crippen molar-refractivity contribution < 1.29 is 57.2 Å². The zero-order valence-corrected chi connectivity index (χ0v) is 25.4. The fourth-order valence-electron chi connectivity index (χ4n) is 3.75. The van der Waals surface area contributed by atoms with E-state index >= 15 is 0 Å². The number of azo groups is 1. The van der Waals surface area contributed by atoms with Gasteiger partial charge in [0.1, 0.15) is 11.4 Å². The number of anilines is 1. The van der Waals surface area contributed by atoms with Gasteiger partial charge in [-0.2, -0.15) is 13.5 Å². The third-order valence-corrected chi connectivity index (χ3v) is 7.02. The molecule has 39 heavy (non-hydrogen) atoms. The number of ether oxygens (including phenoxy) is 1. The summed E-state index contributed by atoms with van der Waals surface area (Å²) in [5.41, 5.74) is 0.0217. The second-order valence-corrected chi connectivity index (χ2v) is 10.3. The largest absolute Gasteiger partial charge is 1.00 e. The van der Waals surface area contributed by atoms with Crippen molar-refractivity contribution in [1.29, 1.82) is 0 Å². The van der Waals surface area contributed by atoms with E-state index in [-0.39, 0.29) is 62.8 Å². The average molecular weight is 596 g/mol. The van der Waals surface area contributed by atoms with Crippen LogP contribution < -0.4 is 44.7 Å². The van der Waals surface area contributed by atoms with Crippen LogP contribution in [0.25, 0.3) is 10.8 Å². The Balaban J connectivity index is 0.00000420. The van der Waals surface area contributed by atoms with Gasteiger partial charge in [-0.05, 0) is 61.2 Å². The molecule has 196 valence electrons. The Bertz CT molecular complexity index is 1710. The van der Waals surface area contributed by atoms with E-state index < -0.39 is 26.7 Å². The maximum Gasteiger partial charge on any atom is 1.00 e. The van der Waals surface area contributed by atoms with Gasteiger partial charge in [-0.1, -0.05) is 53.2 Å². The Morgan fingerprint density at radius 1 is 1.08 bits per heavy atom. The predicted molar refractivity (Wildman–Crippen MR) is 144 cm³/mol. The standard InChI is InChI=1S/C26H21Cl2N3O6S.Na/c1-3-37-22-9-8-16(27)12-21(22)29-26(33)18-11-15-6-4-5-7-17(15)24(25(18)32)31-30-20-13-23(38(34,35)36)14(2)10-19(20)28;/h4-13,32H,3H2,1-2H3,(H,29,33)(H,34,35,36);/q;+1/p-1. The molecule has 0 aliphatic rings. The minimum Gasteiger partial charge on any atom is -0.870 e. The number of amides is 1. The molecule has 0 atom stereocenters. The van der Waals surface area contributed by atoms with Crippen LogP contribution in [0.4, 0.5) is 17.1 Å². The molecule has 0 saturated heterocycles. The van der Waals surface area contributed by atoms with Gasteiger partial charge in [-0.15, -0.1) is 5.11 Å². The Hall–Kier alpha value is -2.70. The maximum atomic E-state index is 13.4. The Labute approximate surface area is 256 Å². The molecule has 0 unspecified atom stereocenters. The van der Waals surface area contributed by atoms with Crippen LogP contribution in [0.3, 0.4) is 0 Å². The summed E-state index contributed by atoms with van der Waals surface area (Å²) in [5.74, 6) is -1.06. The van der Waals surface area contributed by atoms with Gasteiger partial charge in [0.15, 0.2) is 0 Å². The summed E-state index contributed by atoms with van der Waals surface area (Å²) < 4.78 is 38.4. The van der Waals surface area contributed by atoms with Gasteiger partial charge in [0.25, 0.3) is 16.0 Å². The Morgan fingerprint density at radius 2 is 1.79 bits per heavy atom. The molecule has 0 fully saturated rings. The summed E-state index contributed by atoms with van der Waals surface area (Å²) in [6.07, 6.45) is 0. The van der Waals surface area contributed by atoms with E-state index in [4.69, 9.17) is 27.9 Å². The van der Waals surface area contributed by atoms with Crippen LogP contribution in [0.15, 0.2) is 75.8 Å². The molecule has 0 aromatic heterocycles. The Kier molecular flexibility index (Phi) is 10.0. The molecule has 0 radical (unpaired) electrons. The van der Waals surface area contributed by atoms with Gasteiger partial charge in [0, 0.05) is 16.0 Å². The molecule has 0 aliphatic carbocycles. The summed E-state index contributed by atoms with van der Waals surface area (Å²) in [6.45, 7) is 3.59. The van der Waals surface area contributed by atoms with E-state index in [0.717, 1.165) is 6.07 Å². The molecule has 2 N–H and O–H groups in total. The van der Waals surface area contributed by atoms with E-state index in [1.54, 1.807) is 43.3 Å². The summed E-state index contributed by atoms with van der Waals surface area (Å²) >= 11 is 12.3. The zero-order chi connectivity index (χ0) is 27.6. The van der Waals surface area contributed by atoms with E-state index in [0.29, 0.717) is 28.2 Å². The number of fused-ring (bicyclic) bond motifs is 1. The second-order valence-electron chi connectivity index (χ2n) is 8.09. The number of hydrogen-bond acceptors (Lipinski definition) is 7. The van der Waals surface area contributed by atoms with E-state index in [9.17, 15) is 22.9 Å². The molecule has 4 aromatic rings.